The molecule has 0 radical (unpaired) electrons. The van der Waals surface area contributed by atoms with Gasteiger partial charge < -0.3 is 15.0 Å². The highest BCUT2D eigenvalue weighted by molar-refractivity contribution is 7.92. The molecular weight excluding hydrogens is 514 g/mol. The van der Waals surface area contributed by atoms with Crippen molar-refractivity contribution in [3.63, 3.8) is 0 Å². The molecule has 0 heterocycles. The standard InChI is InChI=1S/C30H37N3O5S/c1-5-23(2)31-30(35)24(3)32(21-20-25-14-8-6-9-15-25)29(34)22-33(27-18-12-13-19-28(27)38-4)39(36,37)26-16-10-7-11-17-26/h6-19,23-24H,5,20-22H2,1-4H3,(H,31,35)/t23-,24+/m0/s1. The molecule has 0 aromatic heterocycles. The summed E-state index contributed by atoms with van der Waals surface area (Å²) in [6.45, 7) is 5.26. The molecule has 0 saturated heterocycles. The van der Waals surface area contributed by atoms with E-state index in [2.05, 4.69) is 5.32 Å². The molecule has 3 aromatic rings. The van der Waals surface area contributed by atoms with E-state index < -0.39 is 28.5 Å². The minimum Gasteiger partial charge on any atom is -0.495 e. The van der Waals surface area contributed by atoms with Gasteiger partial charge in [-0.1, -0.05) is 67.6 Å². The Kier molecular flexibility index (Phi) is 10.5. The van der Waals surface area contributed by atoms with Gasteiger partial charge in [0.15, 0.2) is 0 Å². The second-order valence-corrected chi connectivity index (χ2v) is 11.2. The summed E-state index contributed by atoms with van der Waals surface area (Å²) in [5.74, 6) is -0.480. The van der Waals surface area contributed by atoms with E-state index in [1.807, 2.05) is 44.2 Å². The van der Waals surface area contributed by atoms with Crippen molar-refractivity contribution < 1.29 is 22.7 Å². The second-order valence-electron chi connectivity index (χ2n) is 9.31. The number of hydrogen-bond acceptors (Lipinski definition) is 5. The monoisotopic (exact) mass is 551 g/mol. The third-order valence-corrected chi connectivity index (χ3v) is 8.39. The van der Waals surface area contributed by atoms with Crippen LogP contribution in [0, 0.1) is 0 Å². The van der Waals surface area contributed by atoms with Crippen molar-refractivity contribution in [1.82, 2.24) is 10.2 Å². The molecule has 0 spiro atoms. The van der Waals surface area contributed by atoms with Crippen molar-refractivity contribution in [2.24, 2.45) is 0 Å². The van der Waals surface area contributed by atoms with Gasteiger partial charge in [0.1, 0.15) is 18.3 Å². The Bertz CT molecular complexity index is 1330. The van der Waals surface area contributed by atoms with Crippen molar-refractivity contribution in [2.45, 2.75) is 50.6 Å². The predicted octanol–water partition coefficient (Wildman–Crippen LogP) is 4.27. The highest BCUT2D eigenvalue weighted by Gasteiger charge is 2.33. The molecule has 1 N–H and O–H groups in total. The Morgan fingerprint density at radius 3 is 2.10 bits per heavy atom. The number of amides is 2. The zero-order chi connectivity index (χ0) is 28.4. The minimum atomic E-state index is -4.15. The number of ether oxygens (including phenoxy) is 1. The highest BCUT2D eigenvalue weighted by atomic mass is 32.2. The number of anilines is 1. The van der Waals surface area contributed by atoms with E-state index in [4.69, 9.17) is 4.74 Å². The largest absolute Gasteiger partial charge is 0.495 e. The van der Waals surface area contributed by atoms with Crippen molar-refractivity contribution in [3.8, 4) is 5.75 Å². The Balaban J connectivity index is 1.99. The second kappa shape index (κ2) is 13.8. The number of nitrogens with one attached hydrogen (secondary N) is 1. The van der Waals surface area contributed by atoms with Crippen molar-refractivity contribution in [2.75, 3.05) is 24.5 Å². The number of rotatable bonds is 13. The van der Waals surface area contributed by atoms with Crippen LogP contribution in [0.5, 0.6) is 5.75 Å². The van der Waals surface area contributed by atoms with E-state index in [1.54, 1.807) is 49.4 Å². The maximum absolute atomic E-state index is 13.9. The first-order chi connectivity index (χ1) is 18.7. The quantitative estimate of drug-likeness (QED) is 0.342. The lowest BCUT2D eigenvalue weighted by Gasteiger charge is -2.32. The summed E-state index contributed by atoms with van der Waals surface area (Å²) in [7, 11) is -2.70. The van der Waals surface area contributed by atoms with Crippen LogP contribution < -0.4 is 14.4 Å². The van der Waals surface area contributed by atoms with Gasteiger partial charge in [0, 0.05) is 12.6 Å². The number of sulfonamides is 1. The molecule has 208 valence electrons. The van der Waals surface area contributed by atoms with E-state index in [0.717, 1.165) is 16.3 Å². The van der Waals surface area contributed by atoms with E-state index >= 15 is 0 Å². The number of hydrogen-bond donors (Lipinski definition) is 1. The zero-order valence-corrected chi connectivity index (χ0v) is 23.7. The summed E-state index contributed by atoms with van der Waals surface area (Å²) < 4.78 is 34.2. The van der Waals surface area contributed by atoms with E-state index in [9.17, 15) is 18.0 Å². The van der Waals surface area contributed by atoms with Gasteiger partial charge in [-0.25, -0.2) is 8.42 Å². The first kappa shape index (κ1) is 29.7. The average molecular weight is 552 g/mol. The summed E-state index contributed by atoms with van der Waals surface area (Å²) in [6.07, 6.45) is 1.25. The highest BCUT2D eigenvalue weighted by Crippen LogP contribution is 2.32. The molecule has 0 unspecified atom stereocenters. The molecule has 39 heavy (non-hydrogen) atoms. The zero-order valence-electron chi connectivity index (χ0n) is 22.9. The number of nitrogens with zero attached hydrogens (tertiary/aromatic N) is 2. The predicted molar refractivity (Wildman–Crippen MR) is 153 cm³/mol. The van der Waals surface area contributed by atoms with Crippen molar-refractivity contribution in [1.29, 1.82) is 0 Å². The smallest absolute Gasteiger partial charge is 0.264 e. The third kappa shape index (κ3) is 7.60. The summed E-state index contributed by atoms with van der Waals surface area (Å²) in [5.41, 5.74) is 1.24. The summed E-state index contributed by atoms with van der Waals surface area (Å²) in [4.78, 5) is 28.5. The first-order valence-electron chi connectivity index (χ1n) is 13.0. The van der Waals surface area contributed by atoms with Gasteiger partial charge >= 0.3 is 0 Å². The van der Waals surface area contributed by atoms with Crippen LogP contribution in [0.1, 0.15) is 32.8 Å². The first-order valence-corrected chi connectivity index (χ1v) is 14.5. The molecule has 8 nitrogen and oxygen atoms in total. The van der Waals surface area contributed by atoms with Gasteiger partial charge in [0.25, 0.3) is 10.0 Å². The van der Waals surface area contributed by atoms with E-state index in [-0.39, 0.29) is 29.1 Å². The number of carbonyl (C=O) groups is 2. The maximum atomic E-state index is 13.9. The third-order valence-electron chi connectivity index (χ3n) is 6.62. The SMILES string of the molecule is CC[C@H](C)NC(=O)[C@@H](C)N(CCc1ccccc1)C(=O)CN(c1ccccc1OC)S(=O)(=O)c1ccccc1. The molecular formula is C30H37N3O5S. The lowest BCUT2D eigenvalue weighted by Crippen LogP contribution is -2.53. The number of carbonyl (C=O) groups excluding carboxylic acids is 2. The molecule has 0 aliphatic carbocycles. The fraction of sp³-hybridized carbons (Fsp3) is 0.333. The fourth-order valence-electron chi connectivity index (χ4n) is 4.10. The molecule has 9 heteroatoms. The molecule has 0 aliphatic heterocycles. The molecule has 0 bridgehead atoms. The van der Waals surface area contributed by atoms with Crippen LogP contribution >= 0.6 is 0 Å². The minimum absolute atomic E-state index is 0.0436. The normalized spacial score (nSPS) is 12.7. The topological polar surface area (TPSA) is 96.0 Å². The van der Waals surface area contributed by atoms with Gasteiger partial charge in [-0.2, -0.15) is 0 Å². The number of para-hydroxylation sites is 2. The Morgan fingerprint density at radius 2 is 1.49 bits per heavy atom. The van der Waals surface area contributed by atoms with Crippen LogP contribution in [0.2, 0.25) is 0 Å². The van der Waals surface area contributed by atoms with E-state index in [0.29, 0.717) is 12.2 Å². The molecule has 0 fully saturated rings. The van der Waals surface area contributed by atoms with Gasteiger partial charge in [0.2, 0.25) is 11.8 Å². The Morgan fingerprint density at radius 1 is 0.897 bits per heavy atom. The average Bonchev–Trinajstić information content (AvgIpc) is 2.96. The van der Waals surface area contributed by atoms with Crippen molar-refractivity contribution in [3.05, 3.63) is 90.5 Å². The number of methoxy groups -OCH3 is 1. The van der Waals surface area contributed by atoms with Gasteiger partial charge in [0.05, 0.1) is 17.7 Å². The van der Waals surface area contributed by atoms with Crippen molar-refractivity contribution >= 4 is 27.5 Å². The molecule has 0 aliphatic rings. The summed E-state index contributed by atoms with van der Waals surface area (Å²) in [6, 6.07) is 23.4. The summed E-state index contributed by atoms with van der Waals surface area (Å²) >= 11 is 0. The molecule has 0 saturated carbocycles. The van der Waals surface area contributed by atoms with Crippen LogP contribution in [-0.4, -0.2) is 57.4 Å². The van der Waals surface area contributed by atoms with Crippen LogP contribution in [0.15, 0.2) is 89.8 Å². The lowest BCUT2D eigenvalue weighted by atomic mass is 10.1. The van der Waals surface area contributed by atoms with Gasteiger partial charge in [-0.05, 0) is 56.5 Å². The molecule has 3 aromatic carbocycles. The van der Waals surface area contributed by atoms with E-state index in [1.165, 1.54) is 24.1 Å². The van der Waals surface area contributed by atoms with Gasteiger partial charge in [-0.3, -0.25) is 13.9 Å². The summed E-state index contributed by atoms with van der Waals surface area (Å²) in [5, 5.41) is 2.94. The molecule has 2 amide bonds. The Hall–Kier alpha value is -3.85. The van der Waals surface area contributed by atoms with Crippen LogP contribution in [0.4, 0.5) is 5.69 Å². The van der Waals surface area contributed by atoms with Crippen LogP contribution in [0.25, 0.3) is 0 Å². The van der Waals surface area contributed by atoms with Crippen LogP contribution in [-0.2, 0) is 26.0 Å². The lowest BCUT2D eigenvalue weighted by molar-refractivity contribution is -0.139. The number of benzene rings is 3. The van der Waals surface area contributed by atoms with Gasteiger partial charge in [-0.15, -0.1) is 0 Å². The fourth-order valence-corrected chi connectivity index (χ4v) is 5.55. The maximum Gasteiger partial charge on any atom is 0.264 e. The van der Waals surface area contributed by atoms with Crippen LogP contribution in [0.3, 0.4) is 0 Å². The molecule has 3 rings (SSSR count). The Labute approximate surface area is 231 Å². The molecule has 2 atom stereocenters.